The van der Waals surface area contributed by atoms with E-state index in [4.69, 9.17) is 20.1 Å². The second-order valence-corrected chi connectivity index (χ2v) is 2.45. The van der Waals surface area contributed by atoms with Crippen molar-refractivity contribution in [2.45, 2.75) is 31.3 Å². The molecule has 1 aliphatic heterocycles. The van der Waals surface area contributed by atoms with Gasteiger partial charge in [-0.25, -0.2) is 0 Å². The number of hydrogen-bond donors (Lipinski definition) is 3. The smallest absolute Gasteiger partial charge is 0.261 e. The van der Waals surface area contributed by atoms with Gasteiger partial charge in [0.2, 0.25) is 0 Å². The number of rotatable bonds is 0. The van der Waals surface area contributed by atoms with E-state index in [9.17, 15) is 0 Å². The Labute approximate surface area is 59.1 Å². The quantitative estimate of drug-likeness (QED) is 0.370. The highest BCUT2D eigenvalue weighted by Crippen LogP contribution is 2.17. The van der Waals surface area contributed by atoms with E-state index in [1.165, 1.54) is 0 Å². The van der Waals surface area contributed by atoms with Crippen LogP contribution in [0.5, 0.6) is 0 Å². The van der Waals surface area contributed by atoms with Gasteiger partial charge in [0.05, 0.1) is 0 Å². The van der Waals surface area contributed by atoms with E-state index in [0.29, 0.717) is 0 Å². The first-order valence-electron chi connectivity index (χ1n) is 3.16. The Hall–Kier alpha value is -0.290. The normalized spacial score (nSPS) is 48.4. The van der Waals surface area contributed by atoms with Crippen LogP contribution < -0.4 is 0 Å². The van der Waals surface area contributed by atoms with Gasteiger partial charge in [0.15, 0.2) is 6.10 Å². The number of hydrogen-bond acceptors (Lipinski definition) is 4. The summed E-state index contributed by atoms with van der Waals surface area (Å²) in [5, 5.41) is 26.9. The highest BCUT2D eigenvalue weighted by molar-refractivity contribution is 4.89. The van der Waals surface area contributed by atoms with Gasteiger partial charge in [-0.2, -0.15) is 4.74 Å². The van der Waals surface area contributed by atoms with Crippen molar-refractivity contribution in [2.75, 3.05) is 0 Å². The minimum atomic E-state index is -1.12. The Morgan fingerprint density at radius 1 is 1.20 bits per heavy atom. The molecule has 0 aliphatic carbocycles. The van der Waals surface area contributed by atoms with E-state index in [0.717, 1.165) is 6.61 Å². The molecule has 3 N–H and O–H groups in total. The Balaban J connectivity index is 2.52. The lowest BCUT2D eigenvalue weighted by atomic mass is 10.0. The largest absolute Gasteiger partial charge is 0.387 e. The first-order chi connectivity index (χ1) is 4.63. The summed E-state index contributed by atoms with van der Waals surface area (Å²) in [6.07, 6.45) is -3.65. The molecule has 0 radical (unpaired) electrons. The fourth-order valence-electron chi connectivity index (χ4n) is 0.845. The first kappa shape index (κ1) is 7.81. The zero-order valence-electron chi connectivity index (χ0n) is 5.64. The average Bonchev–Trinajstić information content (AvgIpc) is 1.93. The van der Waals surface area contributed by atoms with E-state index < -0.39 is 24.4 Å². The van der Waals surface area contributed by atoms with Crippen LogP contribution in [0.15, 0.2) is 0 Å². The van der Waals surface area contributed by atoms with Crippen LogP contribution in [-0.2, 0) is 4.74 Å². The summed E-state index contributed by atoms with van der Waals surface area (Å²) >= 11 is 0. The molecule has 1 heterocycles. The lowest BCUT2D eigenvalue weighted by Crippen LogP contribution is -2.49. The highest BCUT2D eigenvalue weighted by Gasteiger charge is 2.42. The van der Waals surface area contributed by atoms with Gasteiger partial charge < -0.3 is 15.3 Å². The van der Waals surface area contributed by atoms with Crippen LogP contribution in [0.3, 0.4) is 0 Å². The van der Waals surface area contributed by atoms with Gasteiger partial charge in [0, 0.05) is 0 Å². The third-order valence-electron chi connectivity index (χ3n) is 1.61. The second-order valence-electron chi connectivity index (χ2n) is 2.45. The molecular formula is C6H11O4+. The molecule has 0 saturated carbocycles. The predicted molar refractivity (Wildman–Crippen MR) is 32.9 cm³/mol. The van der Waals surface area contributed by atoms with Gasteiger partial charge in [0.25, 0.3) is 12.7 Å². The zero-order chi connectivity index (χ0) is 7.72. The van der Waals surface area contributed by atoms with Gasteiger partial charge in [-0.05, 0) is 6.92 Å². The van der Waals surface area contributed by atoms with Crippen molar-refractivity contribution in [3.05, 3.63) is 6.61 Å². The molecule has 0 aromatic carbocycles. The molecule has 58 valence electrons. The summed E-state index contributed by atoms with van der Waals surface area (Å²) < 4.78 is 4.79. The molecule has 0 amide bonds. The molecule has 10 heavy (non-hydrogen) atoms. The minimum absolute atomic E-state index is 0.446. The minimum Gasteiger partial charge on any atom is -0.387 e. The maximum atomic E-state index is 9.06. The summed E-state index contributed by atoms with van der Waals surface area (Å²) in [7, 11) is 0. The zero-order valence-corrected chi connectivity index (χ0v) is 5.64. The summed E-state index contributed by atoms with van der Waals surface area (Å²) in [5.41, 5.74) is 0. The monoisotopic (exact) mass is 147 g/mol. The molecule has 4 atom stereocenters. The molecule has 4 nitrogen and oxygen atoms in total. The Morgan fingerprint density at radius 2 is 1.80 bits per heavy atom. The Morgan fingerprint density at radius 3 is 2.30 bits per heavy atom. The van der Waals surface area contributed by atoms with Crippen molar-refractivity contribution in [3.8, 4) is 0 Å². The van der Waals surface area contributed by atoms with Crippen LogP contribution in [0, 0.1) is 6.61 Å². The average molecular weight is 147 g/mol. The highest BCUT2D eigenvalue weighted by atomic mass is 16.5. The lowest BCUT2D eigenvalue weighted by Gasteiger charge is -2.25. The van der Waals surface area contributed by atoms with Crippen LogP contribution in [-0.4, -0.2) is 39.7 Å². The predicted octanol–water partition coefficient (Wildman–Crippen LogP) is -1.35. The molecule has 4 heteroatoms. The van der Waals surface area contributed by atoms with E-state index in [1.807, 2.05) is 0 Å². The van der Waals surface area contributed by atoms with Crippen molar-refractivity contribution in [1.29, 1.82) is 0 Å². The number of aliphatic hydroxyl groups excluding tert-OH is 3. The molecule has 1 fully saturated rings. The third kappa shape index (κ3) is 1.24. The molecule has 0 unspecified atom stereocenters. The van der Waals surface area contributed by atoms with Crippen molar-refractivity contribution in [2.24, 2.45) is 0 Å². The Kier molecular flexibility index (Phi) is 2.15. The van der Waals surface area contributed by atoms with Gasteiger partial charge >= 0.3 is 0 Å². The van der Waals surface area contributed by atoms with Crippen LogP contribution in [0.1, 0.15) is 6.92 Å². The molecule has 0 aromatic rings. The summed E-state index contributed by atoms with van der Waals surface area (Å²) in [5.74, 6) is 0. The standard InChI is InChI=1S/C6H11O4/c1-3-5(8)6(9)4(7)2-10-3/h2-9H,1H3/q+1/t3-,4+,5+,6-/m0/s1. The Bertz CT molecular complexity index is 102. The van der Waals surface area contributed by atoms with Crippen LogP contribution in [0.2, 0.25) is 0 Å². The lowest BCUT2D eigenvalue weighted by molar-refractivity contribution is -0.155. The fourth-order valence-corrected chi connectivity index (χ4v) is 0.845. The maximum Gasteiger partial charge on any atom is 0.261 e. The number of aliphatic hydroxyl groups is 3. The fraction of sp³-hybridized carbons (Fsp3) is 0.833. The van der Waals surface area contributed by atoms with E-state index in [2.05, 4.69) is 0 Å². The van der Waals surface area contributed by atoms with Crippen LogP contribution in [0.25, 0.3) is 0 Å². The van der Waals surface area contributed by atoms with Crippen LogP contribution in [0.4, 0.5) is 0 Å². The van der Waals surface area contributed by atoms with E-state index in [1.54, 1.807) is 6.92 Å². The number of ether oxygens (including phenoxy) is 1. The summed E-state index contributed by atoms with van der Waals surface area (Å²) in [6, 6.07) is 0. The molecular weight excluding hydrogens is 136 g/mol. The van der Waals surface area contributed by atoms with E-state index in [-0.39, 0.29) is 0 Å². The van der Waals surface area contributed by atoms with Gasteiger partial charge in [0.1, 0.15) is 12.2 Å². The van der Waals surface area contributed by atoms with Crippen molar-refractivity contribution in [1.82, 2.24) is 0 Å². The van der Waals surface area contributed by atoms with Crippen molar-refractivity contribution in [3.63, 3.8) is 0 Å². The molecule has 1 rings (SSSR count). The molecule has 0 spiro atoms. The SMILES string of the molecule is C[C@@H]1O[CH+][C@@H](O)[C@H](O)[C@@H]1O. The first-order valence-corrected chi connectivity index (χ1v) is 3.16. The van der Waals surface area contributed by atoms with E-state index >= 15 is 0 Å². The topological polar surface area (TPSA) is 69.9 Å². The molecule has 1 aliphatic rings. The van der Waals surface area contributed by atoms with Crippen molar-refractivity contribution < 1.29 is 20.1 Å². The van der Waals surface area contributed by atoms with Gasteiger partial charge in [-0.3, -0.25) is 0 Å². The molecule has 0 bridgehead atoms. The third-order valence-corrected chi connectivity index (χ3v) is 1.61. The summed E-state index contributed by atoms with van der Waals surface area (Å²) in [4.78, 5) is 0. The van der Waals surface area contributed by atoms with Gasteiger partial charge in [-0.15, -0.1) is 0 Å². The summed E-state index contributed by atoms with van der Waals surface area (Å²) in [6.45, 7) is 2.75. The maximum absolute atomic E-state index is 9.06. The van der Waals surface area contributed by atoms with Crippen molar-refractivity contribution >= 4 is 0 Å². The molecule has 1 saturated heterocycles. The van der Waals surface area contributed by atoms with Gasteiger partial charge in [-0.1, -0.05) is 0 Å². The molecule has 0 aromatic heterocycles. The second kappa shape index (κ2) is 2.75. The van der Waals surface area contributed by atoms with Crippen LogP contribution >= 0.6 is 0 Å².